The Bertz CT molecular complexity index is 1020. The van der Waals surface area contributed by atoms with Crippen LogP contribution < -0.4 is 5.32 Å². The Labute approximate surface area is 163 Å². The molecule has 6 heteroatoms. The molecule has 28 heavy (non-hydrogen) atoms. The van der Waals surface area contributed by atoms with Crippen LogP contribution in [0.3, 0.4) is 0 Å². The number of aromatic amines is 1. The molecule has 1 aromatic heterocycles. The van der Waals surface area contributed by atoms with Gasteiger partial charge < -0.3 is 19.8 Å². The number of nitrogens with two attached hydrogens (primary N) is 1. The zero-order chi connectivity index (χ0) is 20.3. The summed E-state index contributed by atoms with van der Waals surface area (Å²) in [5.41, 5.74) is 3.06. The molecule has 3 rings (SSSR count). The first kappa shape index (κ1) is 19.6. The molecular weight excluding hydrogens is 356 g/mol. The van der Waals surface area contributed by atoms with Crippen LogP contribution in [0.2, 0.25) is 0 Å². The molecule has 2 aromatic carbocycles. The summed E-state index contributed by atoms with van der Waals surface area (Å²) in [6.45, 7) is 4.32. The third kappa shape index (κ3) is 3.77. The fourth-order valence-corrected chi connectivity index (χ4v) is 3.42. The molecule has 0 saturated heterocycles. The molecule has 6 nitrogen and oxygen atoms in total. The van der Waals surface area contributed by atoms with Gasteiger partial charge in [-0.05, 0) is 36.2 Å². The smallest absolute Gasteiger partial charge is 0.354 e. The van der Waals surface area contributed by atoms with Gasteiger partial charge in [0.1, 0.15) is 18.3 Å². The van der Waals surface area contributed by atoms with Gasteiger partial charge in [0.2, 0.25) is 0 Å². The number of hydrogen-bond donors (Lipinski definition) is 2. The third-order valence-corrected chi connectivity index (χ3v) is 5.08. The van der Waals surface area contributed by atoms with Gasteiger partial charge in [0.15, 0.2) is 0 Å². The monoisotopic (exact) mass is 381 g/mol. The lowest BCUT2D eigenvalue weighted by Gasteiger charge is -2.12. The molecule has 3 N–H and O–H groups in total. The van der Waals surface area contributed by atoms with Gasteiger partial charge in [0.25, 0.3) is 0 Å². The number of rotatable bonds is 6. The predicted molar refractivity (Wildman–Crippen MR) is 106 cm³/mol. The number of ether oxygens (including phenoxy) is 2. The van der Waals surface area contributed by atoms with Crippen LogP contribution in [0, 0.1) is 6.92 Å². The number of nitrogens with one attached hydrogen (secondary N) is 1. The van der Waals surface area contributed by atoms with E-state index in [1.807, 2.05) is 12.1 Å². The molecule has 0 radical (unpaired) electrons. The van der Waals surface area contributed by atoms with Crippen molar-refractivity contribution in [3.05, 3.63) is 70.5 Å². The number of carbonyl (C=O) groups is 2. The fraction of sp³-hybridized carbons (Fsp3) is 0.273. The number of H-pyrrole nitrogens is 1. The maximum atomic E-state index is 12.2. The SMILES string of the molecule is COC(=O)c1[nH]c(C[NH2+][C@H](C)c2ccc3ccccc3c2)c(C(=O)OC)c1C. The standard InChI is InChI=1S/C22H24N2O4/c1-13-19(21(25)27-3)18(24-20(13)22(26)28-4)12-23-14(2)16-10-9-15-7-5-6-8-17(15)11-16/h5-11,14,23-24H,12H2,1-4H3/p+1/t14-/m1/s1. The van der Waals surface area contributed by atoms with Crippen LogP contribution in [0.15, 0.2) is 42.5 Å². The first-order valence-electron chi connectivity index (χ1n) is 9.16. The summed E-state index contributed by atoms with van der Waals surface area (Å²) >= 11 is 0. The van der Waals surface area contributed by atoms with Crippen molar-refractivity contribution in [2.75, 3.05) is 14.2 Å². The Hall–Kier alpha value is -3.12. The number of fused-ring (bicyclic) bond motifs is 1. The van der Waals surface area contributed by atoms with Gasteiger partial charge in [0, 0.05) is 5.56 Å². The first-order valence-corrected chi connectivity index (χ1v) is 9.16. The number of benzene rings is 2. The second-order valence-corrected chi connectivity index (χ2v) is 6.80. The van der Waals surface area contributed by atoms with Crippen LogP contribution >= 0.6 is 0 Å². The molecule has 1 atom stereocenters. The van der Waals surface area contributed by atoms with Crippen LogP contribution in [-0.4, -0.2) is 31.1 Å². The summed E-state index contributed by atoms with van der Waals surface area (Å²) < 4.78 is 9.70. The molecule has 0 fully saturated rings. The minimum atomic E-state index is -0.503. The average molecular weight is 381 g/mol. The number of methoxy groups -OCH3 is 2. The van der Waals surface area contributed by atoms with Gasteiger partial charge in [-0.25, -0.2) is 9.59 Å². The van der Waals surface area contributed by atoms with E-state index in [-0.39, 0.29) is 11.7 Å². The third-order valence-electron chi connectivity index (χ3n) is 5.08. The van der Waals surface area contributed by atoms with E-state index in [1.54, 1.807) is 6.92 Å². The lowest BCUT2D eigenvalue weighted by Crippen LogP contribution is -2.83. The highest BCUT2D eigenvalue weighted by molar-refractivity contribution is 5.98. The van der Waals surface area contributed by atoms with E-state index in [0.717, 1.165) is 0 Å². The van der Waals surface area contributed by atoms with Crippen molar-refractivity contribution >= 4 is 22.7 Å². The molecule has 0 saturated carbocycles. The van der Waals surface area contributed by atoms with Crippen molar-refractivity contribution in [1.29, 1.82) is 0 Å². The van der Waals surface area contributed by atoms with Crippen molar-refractivity contribution in [3.63, 3.8) is 0 Å². The van der Waals surface area contributed by atoms with Gasteiger partial charge in [-0.1, -0.05) is 36.4 Å². The van der Waals surface area contributed by atoms with Crippen LogP contribution in [0.1, 0.15) is 50.6 Å². The highest BCUT2D eigenvalue weighted by Crippen LogP contribution is 2.21. The van der Waals surface area contributed by atoms with Gasteiger partial charge in [-0.3, -0.25) is 0 Å². The Balaban J connectivity index is 1.84. The molecule has 1 heterocycles. The zero-order valence-corrected chi connectivity index (χ0v) is 16.5. The first-order chi connectivity index (χ1) is 13.5. The maximum Gasteiger partial charge on any atom is 0.354 e. The number of carbonyl (C=O) groups excluding carboxylic acids is 2. The van der Waals surface area contributed by atoms with E-state index in [1.165, 1.54) is 30.6 Å². The van der Waals surface area contributed by atoms with E-state index >= 15 is 0 Å². The molecule has 0 bridgehead atoms. The Kier molecular flexibility index (Phi) is 5.80. The van der Waals surface area contributed by atoms with Gasteiger partial charge >= 0.3 is 11.9 Å². The van der Waals surface area contributed by atoms with Crippen LogP contribution in [0.25, 0.3) is 10.8 Å². The Morgan fingerprint density at radius 2 is 1.71 bits per heavy atom. The van der Waals surface area contributed by atoms with Crippen molar-refractivity contribution in [3.8, 4) is 0 Å². The van der Waals surface area contributed by atoms with Gasteiger partial charge in [0.05, 0.1) is 25.5 Å². The quantitative estimate of drug-likeness (QED) is 0.643. The number of aromatic nitrogens is 1. The minimum absolute atomic E-state index is 0.167. The molecule has 146 valence electrons. The number of esters is 2. The van der Waals surface area contributed by atoms with Gasteiger partial charge in [-0.15, -0.1) is 0 Å². The van der Waals surface area contributed by atoms with Crippen molar-refractivity contribution in [2.24, 2.45) is 0 Å². The lowest BCUT2D eigenvalue weighted by atomic mass is 10.0. The van der Waals surface area contributed by atoms with E-state index in [2.05, 4.69) is 47.6 Å². The van der Waals surface area contributed by atoms with Crippen molar-refractivity contribution in [1.82, 2.24) is 4.98 Å². The van der Waals surface area contributed by atoms with Gasteiger partial charge in [-0.2, -0.15) is 0 Å². The van der Waals surface area contributed by atoms with Crippen LogP contribution in [0.5, 0.6) is 0 Å². The Morgan fingerprint density at radius 3 is 2.39 bits per heavy atom. The second kappa shape index (κ2) is 8.27. The summed E-state index contributed by atoms with van der Waals surface area (Å²) in [6, 6.07) is 14.8. The number of quaternary nitrogens is 1. The topological polar surface area (TPSA) is 85.0 Å². The van der Waals surface area contributed by atoms with Crippen molar-refractivity contribution < 1.29 is 24.4 Å². The highest BCUT2D eigenvalue weighted by atomic mass is 16.5. The van der Waals surface area contributed by atoms with Crippen LogP contribution in [-0.2, 0) is 16.0 Å². The minimum Gasteiger partial charge on any atom is -0.465 e. The van der Waals surface area contributed by atoms with E-state index < -0.39 is 11.9 Å². The molecule has 3 aromatic rings. The number of hydrogen-bond acceptors (Lipinski definition) is 4. The van der Waals surface area contributed by atoms with E-state index in [0.29, 0.717) is 23.4 Å². The summed E-state index contributed by atoms with van der Waals surface area (Å²) in [7, 11) is 2.64. The molecule has 0 amide bonds. The predicted octanol–water partition coefficient (Wildman–Crippen LogP) is 2.87. The van der Waals surface area contributed by atoms with E-state index in [9.17, 15) is 9.59 Å². The molecule has 0 aliphatic rings. The zero-order valence-electron chi connectivity index (χ0n) is 16.5. The summed E-state index contributed by atoms with van der Waals surface area (Å²) in [5, 5.41) is 4.51. The maximum absolute atomic E-state index is 12.2. The summed E-state index contributed by atoms with van der Waals surface area (Å²) in [5.74, 6) is -0.970. The normalized spacial score (nSPS) is 12.0. The average Bonchev–Trinajstić information content (AvgIpc) is 3.06. The lowest BCUT2D eigenvalue weighted by molar-refractivity contribution is -0.708. The van der Waals surface area contributed by atoms with Crippen molar-refractivity contribution in [2.45, 2.75) is 26.4 Å². The van der Waals surface area contributed by atoms with E-state index in [4.69, 9.17) is 9.47 Å². The second-order valence-electron chi connectivity index (χ2n) is 6.80. The largest absolute Gasteiger partial charge is 0.465 e. The molecular formula is C22H25N2O4+. The fourth-order valence-electron chi connectivity index (χ4n) is 3.42. The molecule has 0 spiro atoms. The molecule has 0 aliphatic carbocycles. The Morgan fingerprint density at radius 1 is 1.04 bits per heavy atom. The highest BCUT2D eigenvalue weighted by Gasteiger charge is 2.26. The summed E-state index contributed by atoms with van der Waals surface area (Å²) in [4.78, 5) is 27.3. The summed E-state index contributed by atoms with van der Waals surface area (Å²) in [6.07, 6.45) is 0. The van der Waals surface area contributed by atoms with Crippen LogP contribution in [0.4, 0.5) is 0 Å². The molecule has 0 aliphatic heterocycles. The molecule has 0 unspecified atom stereocenters.